The standard InChI is InChI=1S/C18H23N5O3/c1-11-6-13(4-5-23(11)17(24)7-14-9-19-10-20-14)21-18(25)15-8-16(26-22-15)12-2-3-12/h8-13H,2-7H2,1H3,(H,19,20)(H,21,25). The van der Waals surface area contributed by atoms with E-state index in [0.29, 0.717) is 24.6 Å². The first-order valence-electron chi connectivity index (χ1n) is 9.14. The molecule has 1 saturated carbocycles. The Labute approximate surface area is 151 Å². The lowest BCUT2D eigenvalue weighted by Gasteiger charge is -2.38. The summed E-state index contributed by atoms with van der Waals surface area (Å²) in [5.74, 6) is 1.13. The lowest BCUT2D eigenvalue weighted by molar-refractivity contribution is -0.134. The van der Waals surface area contributed by atoms with Gasteiger partial charge in [0, 0.05) is 42.5 Å². The molecule has 2 atom stereocenters. The average molecular weight is 357 g/mol. The van der Waals surface area contributed by atoms with Gasteiger partial charge in [0.1, 0.15) is 5.76 Å². The van der Waals surface area contributed by atoms with Crippen LogP contribution in [0.2, 0.25) is 0 Å². The Kier molecular flexibility index (Phi) is 4.48. The summed E-state index contributed by atoms with van der Waals surface area (Å²) in [6, 6.07) is 1.86. The van der Waals surface area contributed by atoms with Crippen molar-refractivity contribution in [2.24, 2.45) is 0 Å². The maximum atomic E-state index is 12.5. The van der Waals surface area contributed by atoms with Crippen molar-refractivity contribution in [2.75, 3.05) is 6.54 Å². The van der Waals surface area contributed by atoms with Crippen LogP contribution in [0.15, 0.2) is 23.1 Å². The summed E-state index contributed by atoms with van der Waals surface area (Å²) in [7, 11) is 0. The van der Waals surface area contributed by atoms with Crippen molar-refractivity contribution in [3.63, 3.8) is 0 Å². The molecule has 2 unspecified atom stereocenters. The molecule has 0 bridgehead atoms. The normalized spacial score (nSPS) is 23.0. The predicted octanol–water partition coefficient (Wildman–Crippen LogP) is 1.63. The van der Waals surface area contributed by atoms with Crippen molar-refractivity contribution in [1.82, 2.24) is 25.3 Å². The molecular weight excluding hydrogens is 334 g/mol. The topological polar surface area (TPSA) is 104 Å². The minimum atomic E-state index is -0.199. The van der Waals surface area contributed by atoms with E-state index in [1.54, 1.807) is 18.6 Å². The largest absolute Gasteiger partial charge is 0.360 e. The number of piperidine rings is 1. The molecule has 2 amide bonds. The van der Waals surface area contributed by atoms with Crippen LogP contribution in [0.4, 0.5) is 0 Å². The number of rotatable bonds is 5. The maximum absolute atomic E-state index is 12.5. The van der Waals surface area contributed by atoms with Crippen molar-refractivity contribution < 1.29 is 14.1 Å². The lowest BCUT2D eigenvalue weighted by atomic mass is 9.97. The van der Waals surface area contributed by atoms with Crippen LogP contribution in [-0.2, 0) is 11.2 Å². The Morgan fingerprint density at radius 2 is 2.23 bits per heavy atom. The number of hydrogen-bond donors (Lipinski definition) is 2. The Morgan fingerprint density at radius 1 is 1.38 bits per heavy atom. The number of carbonyl (C=O) groups is 2. The Bertz CT molecular complexity index is 781. The van der Waals surface area contributed by atoms with E-state index in [2.05, 4.69) is 20.4 Å². The van der Waals surface area contributed by atoms with E-state index in [9.17, 15) is 9.59 Å². The highest BCUT2D eigenvalue weighted by atomic mass is 16.5. The van der Waals surface area contributed by atoms with Crippen molar-refractivity contribution >= 4 is 11.8 Å². The van der Waals surface area contributed by atoms with Gasteiger partial charge in [-0.05, 0) is 32.6 Å². The van der Waals surface area contributed by atoms with Gasteiger partial charge < -0.3 is 19.7 Å². The Hall–Kier alpha value is -2.64. The second-order valence-electron chi connectivity index (χ2n) is 7.27. The molecule has 3 heterocycles. The van der Waals surface area contributed by atoms with Crippen LogP contribution in [0.3, 0.4) is 0 Å². The molecule has 138 valence electrons. The number of carbonyl (C=O) groups excluding carboxylic acids is 2. The van der Waals surface area contributed by atoms with E-state index in [-0.39, 0.29) is 23.9 Å². The third-order valence-corrected chi connectivity index (χ3v) is 5.17. The van der Waals surface area contributed by atoms with Crippen LogP contribution in [0.5, 0.6) is 0 Å². The summed E-state index contributed by atoms with van der Waals surface area (Å²) in [5, 5.41) is 6.91. The van der Waals surface area contributed by atoms with Gasteiger partial charge in [-0.3, -0.25) is 9.59 Å². The Balaban J connectivity index is 1.30. The molecular formula is C18H23N5O3. The maximum Gasteiger partial charge on any atom is 0.273 e. The van der Waals surface area contributed by atoms with Gasteiger partial charge in [-0.1, -0.05) is 5.16 Å². The summed E-state index contributed by atoms with van der Waals surface area (Å²) in [5.41, 5.74) is 1.16. The second-order valence-corrected chi connectivity index (χ2v) is 7.27. The molecule has 0 spiro atoms. The lowest BCUT2D eigenvalue weighted by Crippen LogP contribution is -2.51. The first kappa shape index (κ1) is 16.8. The van der Waals surface area contributed by atoms with Gasteiger partial charge in [-0.25, -0.2) is 4.98 Å². The number of nitrogens with zero attached hydrogens (tertiary/aromatic N) is 3. The quantitative estimate of drug-likeness (QED) is 0.846. The third-order valence-electron chi connectivity index (χ3n) is 5.17. The van der Waals surface area contributed by atoms with E-state index < -0.39 is 0 Å². The Morgan fingerprint density at radius 3 is 2.92 bits per heavy atom. The molecule has 8 nitrogen and oxygen atoms in total. The van der Waals surface area contributed by atoms with Gasteiger partial charge in [-0.2, -0.15) is 0 Å². The van der Waals surface area contributed by atoms with E-state index in [4.69, 9.17) is 4.52 Å². The highest BCUT2D eigenvalue weighted by Crippen LogP contribution is 2.40. The number of hydrogen-bond acceptors (Lipinski definition) is 5. The van der Waals surface area contributed by atoms with Gasteiger partial charge in [0.25, 0.3) is 5.91 Å². The molecule has 1 saturated heterocycles. The van der Waals surface area contributed by atoms with E-state index in [1.807, 2.05) is 11.8 Å². The first-order valence-corrected chi connectivity index (χ1v) is 9.14. The molecule has 2 aliphatic rings. The van der Waals surface area contributed by atoms with Crippen molar-refractivity contribution in [1.29, 1.82) is 0 Å². The van der Waals surface area contributed by atoms with Gasteiger partial charge in [0.15, 0.2) is 5.69 Å². The number of imidazole rings is 1. The zero-order valence-electron chi connectivity index (χ0n) is 14.8. The fourth-order valence-corrected chi connectivity index (χ4v) is 3.54. The molecule has 26 heavy (non-hydrogen) atoms. The van der Waals surface area contributed by atoms with E-state index >= 15 is 0 Å². The molecule has 2 aromatic rings. The fraction of sp³-hybridized carbons (Fsp3) is 0.556. The van der Waals surface area contributed by atoms with Crippen LogP contribution in [0, 0.1) is 0 Å². The molecule has 2 aromatic heterocycles. The molecule has 1 aliphatic carbocycles. The van der Waals surface area contributed by atoms with Gasteiger partial charge in [-0.15, -0.1) is 0 Å². The van der Waals surface area contributed by atoms with Gasteiger partial charge >= 0.3 is 0 Å². The summed E-state index contributed by atoms with van der Waals surface area (Å²) in [6.07, 6.45) is 7.25. The van der Waals surface area contributed by atoms with Gasteiger partial charge in [0.05, 0.1) is 12.7 Å². The minimum Gasteiger partial charge on any atom is -0.360 e. The van der Waals surface area contributed by atoms with E-state index in [0.717, 1.165) is 37.1 Å². The summed E-state index contributed by atoms with van der Waals surface area (Å²) in [6.45, 7) is 2.65. The number of likely N-dealkylation sites (tertiary alicyclic amines) is 1. The molecule has 1 aliphatic heterocycles. The monoisotopic (exact) mass is 357 g/mol. The third kappa shape index (κ3) is 3.63. The minimum absolute atomic E-state index is 0.0368. The molecule has 2 fully saturated rings. The first-order chi connectivity index (χ1) is 12.6. The summed E-state index contributed by atoms with van der Waals surface area (Å²) < 4.78 is 5.25. The summed E-state index contributed by atoms with van der Waals surface area (Å²) >= 11 is 0. The average Bonchev–Trinajstić information content (AvgIpc) is 3.12. The zero-order chi connectivity index (χ0) is 18.1. The van der Waals surface area contributed by atoms with Crippen LogP contribution in [0.1, 0.15) is 60.5 Å². The number of aromatic nitrogens is 3. The number of H-pyrrole nitrogens is 1. The number of nitrogens with one attached hydrogen (secondary N) is 2. The SMILES string of the molecule is CC1CC(NC(=O)c2cc(C3CC3)on2)CCN1C(=O)Cc1cnc[nH]1. The van der Waals surface area contributed by atoms with E-state index in [1.165, 1.54) is 0 Å². The van der Waals surface area contributed by atoms with Crippen molar-refractivity contribution in [3.05, 3.63) is 35.7 Å². The molecule has 8 heteroatoms. The summed E-state index contributed by atoms with van der Waals surface area (Å²) in [4.78, 5) is 33.6. The molecule has 4 rings (SSSR count). The second kappa shape index (κ2) is 6.93. The van der Waals surface area contributed by atoms with Crippen molar-refractivity contribution in [3.8, 4) is 0 Å². The van der Waals surface area contributed by atoms with Gasteiger partial charge in [0.2, 0.25) is 5.91 Å². The number of aromatic amines is 1. The predicted molar refractivity (Wildman–Crippen MR) is 92.4 cm³/mol. The number of amides is 2. The highest BCUT2D eigenvalue weighted by molar-refractivity contribution is 5.92. The molecule has 0 radical (unpaired) electrons. The van der Waals surface area contributed by atoms with Crippen LogP contribution < -0.4 is 5.32 Å². The van der Waals surface area contributed by atoms with Crippen LogP contribution in [0.25, 0.3) is 0 Å². The zero-order valence-corrected chi connectivity index (χ0v) is 14.8. The molecule has 2 N–H and O–H groups in total. The van der Waals surface area contributed by atoms with Crippen molar-refractivity contribution in [2.45, 2.75) is 57.0 Å². The highest BCUT2D eigenvalue weighted by Gasteiger charge is 2.32. The smallest absolute Gasteiger partial charge is 0.273 e. The molecule has 0 aromatic carbocycles. The fourth-order valence-electron chi connectivity index (χ4n) is 3.54. The van der Waals surface area contributed by atoms with Crippen LogP contribution >= 0.6 is 0 Å². The van der Waals surface area contributed by atoms with Crippen LogP contribution in [-0.4, -0.2) is 50.5 Å².